The first kappa shape index (κ1) is 13.8. The second-order valence-corrected chi connectivity index (χ2v) is 5.59. The fourth-order valence-electron chi connectivity index (χ4n) is 2.94. The molecule has 0 spiro atoms. The second kappa shape index (κ2) is 5.39. The van der Waals surface area contributed by atoms with Crippen molar-refractivity contribution in [2.75, 3.05) is 5.32 Å². The smallest absolute Gasteiger partial charge is 0.249 e. The molecule has 6 nitrogen and oxygen atoms in total. The molecule has 4 rings (SSSR count). The van der Waals surface area contributed by atoms with E-state index in [1.807, 2.05) is 31.3 Å². The maximum atomic E-state index is 12.1. The van der Waals surface area contributed by atoms with Crippen molar-refractivity contribution < 1.29 is 9.21 Å². The number of nitrogens with zero attached hydrogens (tertiary/aromatic N) is 3. The molecule has 1 aliphatic carbocycles. The van der Waals surface area contributed by atoms with Crippen LogP contribution in [0, 0.1) is 0 Å². The summed E-state index contributed by atoms with van der Waals surface area (Å²) in [6.07, 6.45) is 6.05. The van der Waals surface area contributed by atoms with E-state index in [1.54, 1.807) is 10.8 Å². The molecule has 0 saturated heterocycles. The van der Waals surface area contributed by atoms with Crippen molar-refractivity contribution in [3.8, 4) is 0 Å². The molecule has 116 valence electrons. The fraction of sp³-hybridized carbons (Fsp3) is 0.235. The molecule has 0 saturated carbocycles. The van der Waals surface area contributed by atoms with Gasteiger partial charge in [0.25, 0.3) is 0 Å². The van der Waals surface area contributed by atoms with Crippen molar-refractivity contribution in [2.24, 2.45) is 7.05 Å². The van der Waals surface area contributed by atoms with Gasteiger partial charge in [0.05, 0.1) is 5.69 Å². The molecule has 1 aromatic carbocycles. The number of nitrogens with one attached hydrogen (secondary N) is 1. The largest absolute Gasteiger partial charge is 0.437 e. The van der Waals surface area contributed by atoms with Gasteiger partial charge in [0, 0.05) is 24.8 Å². The summed E-state index contributed by atoms with van der Waals surface area (Å²) in [7, 11) is 1.85. The molecule has 2 heterocycles. The number of aryl methyl sites for hydroxylation is 2. The Balaban J connectivity index is 1.51. The zero-order valence-electron chi connectivity index (χ0n) is 12.7. The number of amides is 1. The lowest BCUT2D eigenvalue weighted by molar-refractivity contribution is -0.111. The summed E-state index contributed by atoms with van der Waals surface area (Å²) in [5.74, 6) is 0.978. The Kier molecular flexibility index (Phi) is 3.22. The van der Waals surface area contributed by atoms with Gasteiger partial charge in [-0.3, -0.25) is 9.48 Å². The van der Waals surface area contributed by atoms with Gasteiger partial charge in [-0.25, -0.2) is 4.98 Å². The first-order valence-corrected chi connectivity index (χ1v) is 7.60. The average Bonchev–Trinajstić information content (AvgIpc) is 3.21. The topological polar surface area (TPSA) is 73.0 Å². The van der Waals surface area contributed by atoms with Crippen LogP contribution in [0.3, 0.4) is 0 Å². The van der Waals surface area contributed by atoms with Gasteiger partial charge in [-0.1, -0.05) is 12.1 Å². The highest BCUT2D eigenvalue weighted by atomic mass is 16.3. The van der Waals surface area contributed by atoms with E-state index >= 15 is 0 Å². The summed E-state index contributed by atoms with van der Waals surface area (Å²) in [5, 5.41) is 7.34. The Labute approximate surface area is 132 Å². The van der Waals surface area contributed by atoms with Crippen LogP contribution in [0.4, 0.5) is 5.82 Å². The van der Waals surface area contributed by atoms with Crippen LogP contribution in [0.2, 0.25) is 0 Å². The zero-order valence-corrected chi connectivity index (χ0v) is 12.7. The van der Waals surface area contributed by atoms with Gasteiger partial charge in [-0.05, 0) is 31.4 Å². The van der Waals surface area contributed by atoms with Crippen LogP contribution in [-0.2, 0) is 24.7 Å². The molecule has 0 bridgehead atoms. The number of rotatable bonds is 3. The van der Waals surface area contributed by atoms with Gasteiger partial charge >= 0.3 is 0 Å². The van der Waals surface area contributed by atoms with E-state index in [1.165, 1.54) is 6.08 Å². The van der Waals surface area contributed by atoms with Gasteiger partial charge in [0.2, 0.25) is 11.8 Å². The summed E-state index contributed by atoms with van der Waals surface area (Å²) < 4.78 is 7.29. The molecule has 1 N–H and O–H groups in total. The lowest BCUT2D eigenvalue weighted by atomic mass is 10.2. The van der Waals surface area contributed by atoms with Crippen molar-refractivity contribution in [3.05, 3.63) is 47.5 Å². The highest BCUT2D eigenvalue weighted by molar-refractivity contribution is 6.01. The van der Waals surface area contributed by atoms with Crippen LogP contribution in [0.15, 0.2) is 34.8 Å². The Morgan fingerprint density at radius 3 is 3.09 bits per heavy atom. The molecule has 3 aromatic rings. The normalized spacial score (nSPS) is 13.8. The van der Waals surface area contributed by atoms with Crippen LogP contribution in [0.5, 0.6) is 0 Å². The first-order chi connectivity index (χ1) is 11.2. The molecule has 2 aromatic heterocycles. The molecular weight excluding hydrogens is 292 g/mol. The van der Waals surface area contributed by atoms with Crippen molar-refractivity contribution >= 4 is 28.9 Å². The maximum Gasteiger partial charge on any atom is 0.249 e. The third kappa shape index (κ3) is 2.52. The number of carbonyl (C=O) groups excluding carboxylic acids is 1. The van der Waals surface area contributed by atoms with E-state index in [-0.39, 0.29) is 5.91 Å². The van der Waals surface area contributed by atoms with Crippen molar-refractivity contribution in [3.63, 3.8) is 0 Å². The number of anilines is 1. The lowest BCUT2D eigenvalue weighted by Crippen LogP contribution is -2.12. The molecule has 0 atom stereocenters. The summed E-state index contributed by atoms with van der Waals surface area (Å²) in [6.45, 7) is 0. The van der Waals surface area contributed by atoms with Crippen LogP contribution in [-0.4, -0.2) is 20.7 Å². The van der Waals surface area contributed by atoms with E-state index in [9.17, 15) is 4.79 Å². The van der Waals surface area contributed by atoms with Crippen LogP contribution in [0.1, 0.15) is 23.6 Å². The number of hydrogen-bond donors (Lipinski definition) is 1. The summed E-state index contributed by atoms with van der Waals surface area (Å²) in [4.78, 5) is 16.4. The number of benzene rings is 1. The number of aromatic nitrogens is 3. The third-order valence-electron chi connectivity index (χ3n) is 4.00. The lowest BCUT2D eigenvalue weighted by Gasteiger charge is -2.04. The Morgan fingerprint density at radius 1 is 1.35 bits per heavy atom. The predicted octanol–water partition coefficient (Wildman–Crippen LogP) is 2.70. The minimum Gasteiger partial charge on any atom is -0.437 e. The second-order valence-electron chi connectivity index (χ2n) is 5.59. The number of carbonyl (C=O) groups is 1. The molecule has 1 aliphatic rings. The molecule has 0 fully saturated rings. The van der Waals surface area contributed by atoms with Gasteiger partial charge in [0.1, 0.15) is 11.3 Å². The number of hydrogen-bond acceptors (Lipinski definition) is 4. The monoisotopic (exact) mass is 308 g/mol. The quantitative estimate of drug-likeness (QED) is 0.755. The molecule has 23 heavy (non-hydrogen) atoms. The van der Waals surface area contributed by atoms with E-state index < -0.39 is 0 Å². The molecule has 6 heteroatoms. The minimum atomic E-state index is -0.218. The number of para-hydroxylation sites is 2. The SMILES string of the molecule is Cn1nc2c(c1NC(=O)/C=C/c1nc3ccccc3o1)CCC2. The Hall–Kier alpha value is -2.89. The van der Waals surface area contributed by atoms with Crippen molar-refractivity contribution in [1.82, 2.24) is 14.8 Å². The number of oxazole rings is 1. The van der Waals surface area contributed by atoms with E-state index in [0.717, 1.165) is 41.9 Å². The van der Waals surface area contributed by atoms with Crippen LogP contribution < -0.4 is 5.32 Å². The molecule has 0 radical (unpaired) electrons. The van der Waals surface area contributed by atoms with Gasteiger partial charge in [-0.2, -0.15) is 5.10 Å². The fourth-order valence-corrected chi connectivity index (χ4v) is 2.94. The standard InChI is InChI=1S/C17H16N4O2/c1-21-17(11-5-4-7-12(11)20-21)19-15(22)9-10-16-18-13-6-2-3-8-14(13)23-16/h2-3,6,8-10H,4-5,7H2,1H3,(H,19,22)/b10-9+. The first-order valence-electron chi connectivity index (χ1n) is 7.60. The average molecular weight is 308 g/mol. The highest BCUT2D eigenvalue weighted by Gasteiger charge is 2.21. The Morgan fingerprint density at radius 2 is 2.22 bits per heavy atom. The van der Waals surface area contributed by atoms with Crippen molar-refractivity contribution in [2.45, 2.75) is 19.3 Å². The van der Waals surface area contributed by atoms with Crippen LogP contribution in [0.25, 0.3) is 17.2 Å². The van der Waals surface area contributed by atoms with E-state index in [0.29, 0.717) is 11.5 Å². The summed E-state index contributed by atoms with van der Waals surface area (Å²) >= 11 is 0. The van der Waals surface area contributed by atoms with E-state index in [2.05, 4.69) is 15.4 Å². The Bertz CT molecular complexity index is 887. The predicted molar refractivity (Wildman–Crippen MR) is 86.9 cm³/mol. The van der Waals surface area contributed by atoms with Crippen molar-refractivity contribution in [1.29, 1.82) is 0 Å². The van der Waals surface area contributed by atoms with Gasteiger partial charge in [-0.15, -0.1) is 0 Å². The maximum absolute atomic E-state index is 12.1. The molecule has 1 amide bonds. The summed E-state index contributed by atoms with van der Waals surface area (Å²) in [5.41, 5.74) is 3.72. The molecular formula is C17H16N4O2. The zero-order chi connectivity index (χ0) is 15.8. The van der Waals surface area contributed by atoms with E-state index in [4.69, 9.17) is 4.42 Å². The summed E-state index contributed by atoms with van der Waals surface area (Å²) in [6, 6.07) is 7.50. The van der Waals surface area contributed by atoms with Gasteiger partial charge < -0.3 is 9.73 Å². The highest BCUT2D eigenvalue weighted by Crippen LogP contribution is 2.28. The van der Waals surface area contributed by atoms with Gasteiger partial charge in [0.15, 0.2) is 5.58 Å². The molecule has 0 aliphatic heterocycles. The minimum absolute atomic E-state index is 0.218. The van der Waals surface area contributed by atoms with Crippen LogP contribution >= 0.6 is 0 Å². The number of fused-ring (bicyclic) bond motifs is 2. The third-order valence-corrected chi connectivity index (χ3v) is 4.00. The molecule has 0 unspecified atom stereocenters.